The maximum absolute atomic E-state index is 13.3. The Balaban J connectivity index is 2.09. The van der Waals surface area contributed by atoms with Gasteiger partial charge >= 0.3 is 0 Å². The maximum atomic E-state index is 13.3. The third-order valence-electron chi connectivity index (χ3n) is 4.06. The Labute approximate surface area is 112 Å². The Hall–Kier alpha value is -1.19. The van der Waals surface area contributed by atoms with E-state index in [1.807, 2.05) is 13.8 Å². The number of rotatable bonds is 3. The fraction of sp³-hybridized carbons (Fsp3) is 0.667. The monoisotopic (exact) mass is 270 g/mol. The van der Waals surface area contributed by atoms with E-state index in [9.17, 15) is 13.6 Å². The van der Waals surface area contributed by atoms with Crippen molar-refractivity contribution in [2.45, 2.75) is 58.8 Å². The van der Waals surface area contributed by atoms with Gasteiger partial charge in [0.1, 0.15) is 11.5 Å². The molecule has 106 valence electrons. The number of hydrogen-bond acceptors (Lipinski definition) is 2. The van der Waals surface area contributed by atoms with Crippen LogP contribution in [0.5, 0.6) is 0 Å². The van der Waals surface area contributed by atoms with Crippen LogP contribution in [0.15, 0.2) is 4.42 Å². The molecular formula is C15H20F2O2. The van der Waals surface area contributed by atoms with Crippen LogP contribution in [0, 0.1) is 26.7 Å². The van der Waals surface area contributed by atoms with Crippen LogP contribution in [-0.2, 0) is 0 Å². The van der Waals surface area contributed by atoms with Gasteiger partial charge in [0, 0.05) is 24.8 Å². The molecule has 1 atom stereocenters. The smallest absolute Gasteiger partial charge is 0.248 e. The molecule has 0 radical (unpaired) electrons. The first-order valence-electron chi connectivity index (χ1n) is 6.78. The van der Waals surface area contributed by atoms with Crippen LogP contribution in [0.4, 0.5) is 8.78 Å². The standard InChI is InChI=1S/C15H20F2O2/c1-9-10(2)19-11(3)14(9)13(18)7-12-5-4-6-15(16,17)8-12/h12H,4-8H2,1-3H3. The number of furan rings is 1. The zero-order chi connectivity index (χ0) is 14.2. The number of aryl methyl sites for hydroxylation is 2. The van der Waals surface area contributed by atoms with Gasteiger partial charge in [0.2, 0.25) is 5.92 Å². The molecule has 0 aliphatic heterocycles. The summed E-state index contributed by atoms with van der Waals surface area (Å²) in [5.41, 5.74) is 1.43. The average Bonchev–Trinajstić information content (AvgIpc) is 2.51. The van der Waals surface area contributed by atoms with Crippen LogP contribution < -0.4 is 0 Å². The lowest BCUT2D eigenvalue weighted by atomic mass is 9.82. The van der Waals surface area contributed by atoms with E-state index in [0.29, 0.717) is 17.7 Å². The predicted octanol–water partition coefficient (Wildman–Crippen LogP) is 4.60. The molecule has 19 heavy (non-hydrogen) atoms. The molecule has 2 rings (SSSR count). The zero-order valence-corrected chi connectivity index (χ0v) is 11.7. The fourth-order valence-corrected chi connectivity index (χ4v) is 3.02. The Morgan fingerprint density at radius 1 is 1.32 bits per heavy atom. The van der Waals surface area contributed by atoms with Gasteiger partial charge in [-0.05, 0) is 39.5 Å². The molecule has 1 aliphatic rings. The largest absolute Gasteiger partial charge is 0.466 e. The summed E-state index contributed by atoms with van der Waals surface area (Å²) in [4.78, 5) is 12.3. The minimum absolute atomic E-state index is 0.0411. The molecule has 1 aliphatic carbocycles. The lowest BCUT2D eigenvalue weighted by molar-refractivity contribution is -0.0521. The predicted molar refractivity (Wildman–Crippen MR) is 68.8 cm³/mol. The van der Waals surface area contributed by atoms with Crippen molar-refractivity contribution in [3.8, 4) is 0 Å². The summed E-state index contributed by atoms with van der Waals surface area (Å²) >= 11 is 0. The van der Waals surface area contributed by atoms with Gasteiger partial charge in [-0.3, -0.25) is 4.79 Å². The minimum atomic E-state index is -2.60. The molecule has 0 amide bonds. The first-order chi connectivity index (χ1) is 8.80. The highest BCUT2D eigenvalue weighted by molar-refractivity contribution is 5.98. The van der Waals surface area contributed by atoms with Gasteiger partial charge in [-0.1, -0.05) is 0 Å². The number of carbonyl (C=O) groups excluding carboxylic acids is 1. The van der Waals surface area contributed by atoms with E-state index in [0.717, 1.165) is 17.7 Å². The Kier molecular flexibility index (Phi) is 3.79. The van der Waals surface area contributed by atoms with Crippen LogP contribution in [-0.4, -0.2) is 11.7 Å². The molecule has 0 aromatic carbocycles. The third-order valence-corrected chi connectivity index (χ3v) is 4.06. The number of Topliss-reactive ketones (excluding diaryl/α,β-unsaturated/α-hetero) is 1. The topological polar surface area (TPSA) is 30.2 Å². The molecule has 1 heterocycles. The second kappa shape index (κ2) is 5.06. The summed E-state index contributed by atoms with van der Waals surface area (Å²) in [6.07, 6.45) is 1.23. The Morgan fingerprint density at radius 2 is 2.00 bits per heavy atom. The molecule has 1 unspecified atom stereocenters. The molecule has 0 spiro atoms. The van der Waals surface area contributed by atoms with Gasteiger partial charge in [0.25, 0.3) is 0 Å². The summed E-state index contributed by atoms with van der Waals surface area (Å²) in [6.45, 7) is 5.41. The first-order valence-corrected chi connectivity index (χ1v) is 6.78. The van der Waals surface area contributed by atoms with Crippen LogP contribution in [0.25, 0.3) is 0 Å². The van der Waals surface area contributed by atoms with Crippen molar-refractivity contribution < 1.29 is 18.0 Å². The van der Waals surface area contributed by atoms with Crippen LogP contribution in [0.3, 0.4) is 0 Å². The van der Waals surface area contributed by atoms with Crippen LogP contribution >= 0.6 is 0 Å². The molecule has 4 heteroatoms. The summed E-state index contributed by atoms with van der Waals surface area (Å²) in [6, 6.07) is 0. The lowest BCUT2D eigenvalue weighted by Gasteiger charge is -2.28. The average molecular weight is 270 g/mol. The van der Waals surface area contributed by atoms with Crippen molar-refractivity contribution in [2.75, 3.05) is 0 Å². The zero-order valence-electron chi connectivity index (χ0n) is 11.7. The molecule has 0 bridgehead atoms. The second-order valence-corrected chi connectivity index (χ2v) is 5.66. The molecule has 0 saturated heterocycles. The van der Waals surface area contributed by atoms with Crippen molar-refractivity contribution in [2.24, 2.45) is 5.92 Å². The second-order valence-electron chi connectivity index (χ2n) is 5.66. The number of hydrogen-bond donors (Lipinski definition) is 0. The summed E-state index contributed by atoms with van der Waals surface area (Å²) in [5.74, 6) is -1.53. The van der Waals surface area contributed by atoms with E-state index in [4.69, 9.17) is 4.42 Å². The molecular weight excluding hydrogens is 250 g/mol. The van der Waals surface area contributed by atoms with Gasteiger partial charge in [-0.25, -0.2) is 8.78 Å². The van der Waals surface area contributed by atoms with Crippen molar-refractivity contribution >= 4 is 5.78 Å². The quantitative estimate of drug-likeness (QED) is 0.751. The number of alkyl halides is 2. The van der Waals surface area contributed by atoms with E-state index in [1.54, 1.807) is 6.92 Å². The summed E-state index contributed by atoms with van der Waals surface area (Å²) in [7, 11) is 0. The highest BCUT2D eigenvalue weighted by atomic mass is 19.3. The normalized spacial score (nSPS) is 22.5. The molecule has 1 aromatic heterocycles. The van der Waals surface area contributed by atoms with Crippen molar-refractivity contribution in [3.63, 3.8) is 0 Å². The van der Waals surface area contributed by atoms with Crippen molar-refractivity contribution in [1.82, 2.24) is 0 Å². The van der Waals surface area contributed by atoms with Gasteiger partial charge in [0.05, 0.1) is 5.56 Å². The SMILES string of the molecule is Cc1oc(C)c(C(=O)CC2CCCC(F)(F)C2)c1C. The van der Waals surface area contributed by atoms with Crippen molar-refractivity contribution in [3.05, 3.63) is 22.6 Å². The maximum Gasteiger partial charge on any atom is 0.248 e. The van der Waals surface area contributed by atoms with E-state index < -0.39 is 5.92 Å². The minimum Gasteiger partial charge on any atom is -0.466 e. The highest BCUT2D eigenvalue weighted by Gasteiger charge is 2.37. The Morgan fingerprint density at radius 3 is 2.53 bits per heavy atom. The van der Waals surface area contributed by atoms with E-state index >= 15 is 0 Å². The van der Waals surface area contributed by atoms with Crippen molar-refractivity contribution in [1.29, 1.82) is 0 Å². The number of ketones is 1. The molecule has 0 N–H and O–H groups in total. The van der Waals surface area contributed by atoms with Crippen LogP contribution in [0.1, 0.15) is 59.5 Å². The van der Waals surface area contributed by atoms with E-state index in [2.05, 4.69) is 0 Å². The Bertz CT molecular complexity index is 489. The van der Waals surface area contributed by atoms with Gasteiger partial charge in [-0.15, -0.1) is 0 Å². The first kappa shape index (κ1) is 14.2. The summed E-state index contributed by atoms with van der Waals surface area (Å²) in [5, 5.41) is 0. The van der Waals surface area contributed by atoms with E-state index in [1.165, 1.54) is 0 Å². The van der Waals surface area contributed by atoms with Gasteiger partial charge in [-0.2, -0.15) is 0 Å². The number of carbonyl (C=O) groups is 1. The van der Waals surface area contributed by atoms with Gasteiger partial charge in [0.15, 0.2) is 5.78 Å². The number of halogens is 2. The molecule has 1 aromatic rings. The van der Waals surface area contributed by atoms with E-state index in [-0.39, 0.29) is 31.0 Å². The molecule has 1 saturated carbocycles. The van der Waals surface area contributed by atoms with Crippen LogP contribution in [0.2, 0.25) is 0 Å². The van der Waals surface area contributed by atoms with Gasteiger partial charge < -0.3 is 4.42 Å². The third kappa shape index (κ3) is 3.04. The summed E-state index contributed by atoms with van der Waals surface area (Å²) < 4.78 is 32.1. The molecule has 1 fully saturated rings. The lowest BCUT2D eigenvalue weighted by Crippen LogP contribution is -2.27. The molecule has 2 nitrogen and oxygen atoms in total. The fourth-order valence-electron chi connectivity index (χ4n) is 3.02. The highest BCUT2D eigenvalue weighted by Crippen LogP contribution is 2.38.